The van der Waals surface area contributed by atoms with Crippen molar-refractivity contribution in [2.24, 2.45) is 0 Å². The zero-order valence-electron chi connectivity index (χ0n) is 5.84. The second-order valence-corrected chi connectivity index (χ2v) is 3.20. The number of hydrogen-bond acceptors (Lipinski definition) is 2. The number of nitrogens with zero attached hydrogens (tertiary/aromatic N) is 1. The maximum absolute atomic E-state index is 12.9. The molecule has 2 nitrogen and oxygen atoms in total. The minimum atomic E-state index is -0.634. The van der Waals surface area contributed by atoms with Gasteiger partial charge in [0, 0.05) is 11.9 Å². The number of nitrogens with one attached hydrogen (secondary N) is 1. The molecule has 1 aromatic rings. The molecular weight excluding hydrogens is 182 g/mol. The van der Waals surface area contributed by atoms with Crippen LogP contribution in [0.4, 0.5) is 14.5 Å². The molecule has 0 unspecified atom stereocenters. The van der Waals surface area contributed by atoms with Crippen LogP contribution in [-0.2, 0) is 0 Å². The van der Waals surface area contributed by atoms with Crippen LogP contribution in [0.1, 0.15) is 0 Å². The summed E-state index contributed by atoms with van der Waals surface area (Å²) < 4.78 is 27.0. The molecule has 12 heavy (non-hydrogen) atoms. The molecule has 1 saturated heterocycles. The first kappa shape index (κ1) is 7.54. The molecular formula is C7H4F2N2S. The molecule has 62 valence electrons. The number of rotatable bonds is 1. The first-order chi connectivity index (χ1) is 5.70. The lowest BCUT2D eigenvalue weighted by molar-refractivity contribution is 0.589. The summed E-state index contributed by atoms with van der Waals surface area (Å²) in [6.45, 7) is 0. The smallest absolute Gasteiger partial charge is 0.193 e. The lowest BCUT2D eigenvalue weighted by atomic mass is 10.3. The first-order valence-corrected chi connectivity index (χ1v) is 3.98. The number of halogens is 2. The van der Waals surface area contributed by atoms with Gasteiger partial charge in [0.25, 0.3) is 0 Å². The molecule has 5 heteroatoms. The van der Waals surface area contributed by atoms with Crippen molar-refractivity contribution in [3.8, 4) is 0 Å². The summed E-state index contributed by atoms with van der Waals surface area (Å²) >= 11 is 1.01. The van der Waals surface area contributed by atoms with E-state index >= 15 is 0 Å². The molecule has 1 fully saturated rings. The summed E-state index contributed by atoms with van der Waals surface area (Å²) in [4.78, 5) is 0. The second kappa shape index (κ2) is 2.45. The van der Waals surface area contributed by atoms with E-state index in [0.29, 0.717) is 0 Å². The molecule has 0 aromatic heterocycles. The summed E-state index contributed by atoms with van der Waals surface area (Å²) in [7, 11) is 0. The molecule has 0 atom stereocenters. The zero-order chi connectivity index (χ0) is 8.72. The van der Waals surface area contributed by atoms with Crippen LogP contribution in [0, 0.1) is 17.0 Å². The lowest BCUT2D eigenvalue weighted by Gasteiger charge is -2.01. The number of benzene rings is 1. The minimum absolute atomic E-state index is 0.146. The van der Waals surface area contributed by atoms with Crippen LogP contribution in [-0.4, -0.2) is 5.17 Å². The molecule has 0 spiro atoms. The first-order valence-electron chi connectivity index (χ1n) is 3.21. The van der Waals surface area contributed by atoms with Gasteiger partial charge in [-0.1, -0.05) is 6.07 Å². The van der Waals surface area contributed by atoms with Crippen LogP contribution in [0.15, 0.2) is 18.2 Å². The van der Waals surface area contributed by atoms with E-state index in [1.54, 1.807) is 0 Å². The second-order valence-electron chi connectivity index (χ2n) is 2.26. The van der Waals surface area contributed by atoms with Crippen molar-refractivity contribution < 1.29 is 8.78 Å². The molecule has 0 amide bonds. The highest BCUT2D eigenvalue weighted by Gasteiger charge is 2.34. The van der Waals surface area contributed by atoms with Gasteiger partial charge >= 0.3 is 0 Å². The van der Waals surface area contributed by atoms with Crippen molar-refractivity contribution in [2.45, 2.75) is 0 Å². The monoisotopic (exact) mass is 186 g/mol. The van der Waals surface area contributed by atoms with Gasteiger partial charge < -0.3 is 0 Å². The molecule has 1 aliphatic rings. The van der Waals surface area contributed by atoms with Gasteiger partial charge in [0.15, 0.2) is 16.8 Å². The third-order valence-electron chi connectivity index (χ3n) is 1.47. The number of para-hydroxylation sites is 1. The van der Waals surface area contributed by atoms with E-state index in [1.807, 2.05) is 0 Å². The third-order valence-corrected chi connectivity index (χ3v) is 2.20. The predicted octanol–water partition coefficient (Wildman–Crippen LogP) is 2.37. The van der Waals surface area contributed by atoms with Gasteiger partial charge in [-0.3, -0.25) is 5.41 Å². The van der Waals surface area contributed by atoms with Crippen LogP contribution in [0.5, 0.6) is 0 Å². The fourth-order valence-corrected chi connectivity index (χ4v) is 1.39. The molecule has 1 aliphatic heterocycles. The van der Waals surface area contributed by atoms with Crippen LogP contribution in [0.25, 0.3) is 0 Å². The van der Waals surface area contributed by atoms with Crippen LogP contribution in [0.3, 0.4) is 0 Å². The van der Waals surface area contributed by atoms with E-state index in [2.05, 4.69) is 0 Å². The fraction of sp³-hybridized carbons (Fsp3) is 0. The highest BCUT2D eigenvalue weighted by molar-refractivity contribution is 8.26. The summed E-state index contributed by atoms with van der Waals surface area (Å²) in [5.74, 6) is -1.27. The zero-order valence-corrected chi connectivity index (χ0v) is 6.66. The van der Waals surface area contributed by atoms with Crippen molar-refractivity contribution >= 4 is 22.8 Å². The van der Waals surface area contributed by atoms with E-state index in [9.17, 15) is 8.78 Å². The van der Waals surface area contributed by atoms with Crippen LogP contribution in [0.2, 0.25) is 0 Å². The van der Waals surface area contributed by atoms with E-state index in [4.69, 9.17) is 5.41 Å². The van der Waals surface area contributed by atoms with Gasteiger partial charge in [-0.05, 0) is 12.1 Å². The Morgan fingerprint density at radius 2 is 1.75 bits per heavy atom. The maximum Gasteiger partial charge on any atom is 0.193 e. The Labute approximate surface area is 71.8 Å². The largest absolute Gasteiger partial charge is 0.276 e. The number of anilines is 1. The topological polar surface area (TPSA) is 26.9 Å². The van der Waals surface area contributed by atoms with E-state index in [1.165, 1.54) is 22.5 Å². The third kappa shape index (κ3) is 1.06. The summed E-state index contributed by atoms with van der Waals surface area (Å²) in [6.07, 6.45) is 0. The lowest BCUT2D eigenvalue weighted by Crippen LogP contribution is -1.98. The fourth-order valence-electron chi connectivity index (χ4n) is 0.896. The molecule has 1 aromatic carbocycles. The highest BCUT2D eigenvalue weighted by Crippen LogP contribution is 2.40. The molecule has 0 bridgehead atoms. The van der Waals surface area contributed by atoms with Gasteiger partial charge in [-0.25, -0.2) is 13.1 Å². The minimum Gasteiger partial charge on any atom is -0.276 e. The Kier molecular flexibility index (Phi) is 1.54. The normalized spacial score (nSPS) is 15.2. The number of hydrogen-bond donors (Lipinski definition) is 1. The summed E-state index contributed by atoms with van der Waals surface area (Å²) in [5, 5.41) is 7.22. The van der Waals surface area contributed by atoms with Crippen molar-refractivity contribution in [3.05, 3.63) is 29.8 Å². The average Bonchev–Trinajstić information content (AvgIpc) is 2.67. The Bertz CT molecular complexity index is 333. The quantitative estimate of drug-likeness (QED) is 0.538. The van der Waals surface area contributed by atoms with E-state index < -0.39 is 11.6 Å². The molecule has 0 aliphatic carbocycles. The van der Waals surface area contributed by atoms with E-state index in [0.717, 1.165) is 11.9 Å². The van der Waals surface area contributed by atoms with Crippen LogP contribution >= 0.6 is 11.9 Å². The Balaban J connectivity index is 2.48. The highest BCUT2D eigenvalue weighted by atomic mass is 32.2. The molecule has 1 heterocycles. The van der Waals surface area contributed by atoms with Gasteiger partial charge in [0.05, 0.1) is 0 Å². The molecule has 2 rings (SSSR count). The van der Waals surface area contributed by atoms with Gasteiger partial charge in [-0.15, -0.1) is 0 Å². The van der Waals surface area contributed by atoms with Crippen molar-refractivity contribution in [1.82, 2.24) is 0 Å². The van der Waals surface area contributed by atoms with Crippen molar-refractivity contribution in [1.29, 1.82) is 5.41 Å². The standard InChI is InChI=1S/C7H4F2N2S/c8-4-2-1-3-5(9)6(4)11-7(10)12-11/h1-3,10H. The molecule has 1 N–H and O–H groups in total. The Morgan fingerprint density at radius 1 is 1.25 bits per heavy atom. The predicted molar refractivity (Wildman–Crippen MR) is 44.2 cm³/mol. The summed E-state index contributed by atoms with van der Waals surface area (Å²) in [6, 6.07) is 3.64. The SMILES string of the molecule is N=C1SN1c1c(F)cccc1F. The van der Waals surface area contributed by atoms with Crippen molar-refractivity contribution in [2.75, 3.05) is 4.31 Å². The van der Waals surface area contributed by atoms with Crippen LogP contribution < -0.4 is 4.31 Å². The van der Waals surface area contributed by atoms with Gasteiger partial charge in [-0.2, -0.15) is 0 Å². The molecule has 0 saturated carbocycles. The summed E-state index contributed by atoms with van der Waals surface area (Å²) in [5.41, 5.74) is -0.146. The maximum atomic E-state index is 12.9. The van der Waals surface area contributed by atoms with Gasteiger partial charge in [0.2, 0.25) is 0 Å². The number of amidine groups is 1. The van der Waals surface area contributed by atoms with Gasteiger partial charge in [0.1, 0.15) is 5.69 Å². The Hall–Kier alpha value is -1.10. The Morgan fingerprint density at radius 3 is 2.17 bits per heavy atom. The average molecular weight is 186 g/mol. The van der Waals surface area contributed by atoms with Crippen molar-refractivity contribution in [3.63, 3.8) is 0 Å². The van der Waals surface area contributed by atoms with E-state index in [-0.39, 0.29) is 10.9 Å². The molecule has 0 radical (unpaired) electrons.